The third-order valence-electron chi connectivity index (χ3n) is 7.12. The molecule has 12 heteroatoms. The first-order valence-electron chi connectivity index (χ1n) is 12.9. The molecule has 214 valence electrons. The highest BCUT2D eigenvalue weighted by Gasteiger charge is 2.56. The SMILES string of the molecule is COc1ccc(N2C(=O)[C@H]3[C@H](c4cc(Cl)ccc4OCC(=O)Nc4cccc(C)c4)c4sc(=O)[nH]c4S[C@H]3C2=O)cc1. The van der Waals surface area contributed by atoms with Crippen LogP contribution >= 0.6 is 34.7 Å². The number of aryl methyl sites for hydroxylation is 1. The molecule has 4 aromatic rings. The minimum absolute atomic E-state index is 0.300. The van der Waals surface area contributed by atoms with Gasteiger partial charge in [0, 0.05) is 27.1 Å². The number of thioether (sulfide) groups is 1. The Labute approximate surface area is 253 Å². The summed E-state index contributed by atoms with van der Waals surface area (Å²) < 4.78 is 11.2. The Balaban J connectivity index is 1.36. The Hall–Kier alpha value is -4.06. The van der Waals surface area contributed by atoms with Crippen LogP contribution in [-0.2, 0) is 14.4 Å². The van der Waals surface area contributed by atoms with E-state index in [1.807, 2.05) is 25.1 Å². The molecular formula is C30H24ClN3O6S2. The molecule has 42 heavy (non-hydrogen) atoms. The first-order chi connectivity index (χ1) is 20.2. The maximum Gasteiger partial charge on any atom is 0.305 e. The number of aromatic nitrogens is 1. The van der Waals surface area contributed by atoms with Gasteiger partial charge in [-0.05, 0) is 67.1 Å². The largest absolute Gasteiger partial charge is 0.497 e. The summed E-state index contributed by atoms with van der Waals surface area (Å²) in [6.45, 7) is 1.62. The quantitative estimate of drug-likeness (QED) is 0.272. The topological polar surface area (TPSA) is 118 Å². The molecule has 0 unspecified atom stereocenters. The number of thiazole rings is 1. The second kappa shape index (κ2) is 11.3. The summed E-state index contributed by atoms with van der Waals surface area (Å²) >= 11 is 8.59. The van der Waals surface area contributed by atoms with E-state index < -0.39 is 23.0 Å². The molecule has 2 aliphatic heterocycles. The van der Waals surface area contributed by atoms with Crippen LogP contribution < -0.4 is 24.6 Å². The molecule has 3 aromatic carbocycles. The fourth-order valence-corrected chi connectivity index (χ4v) is 7.98. The molecule has 0 aliphatic carbocycles. The molecule has 9 nitrogen and oxygen atoms in total. The molecule has 3 amide bonds. The second-order valence-corrected chi connectivity index (χ2v) is 12.5. The zero-order valence-corrected chi connectivity index (χ0v) is 24.8. The third-order valence-corrected chi connectivity index (χ3v) is 9.76. The van der Waals surface area contributed by atoms with Crippen molar-refractivity contribution in [2.45, 2.75) is 23.1 Å². The fourth-order valence-electron chi connectivity index (χ4n) is 5.29. The summed E-state index contributed by atoms with van der Waals surface area (Å²) in [6, 6.07) is 19.0. The van der Waals surface area contributed by atoms with Crippen LogP contribution in [-0.4, -0.2) is 41.7 Å². The van der Waals surface area contributed by atoms with Crippen molar-refractivity contribution in [1.29, 1.82) is 0 Å². The lowest BCUT2D eigenvalue weighted by Gasteiger charge is -2.31. The minimum Gasteiger partial charge on any atom is -0.497 e. The highest BCUT2D eigenvalue weighted by atomic mass is 35.5. The number of imide groups is 1. The average Bonchev–Trinajstić information content (AvgIpc) is 3.46. The van der Waals surface area contributed by atoms with Gasteiger partial charge in [0.2, 0.25) is 11.8 Å². The maximum atomic E-state index is 14.0. The zero-order valence-electron chi connectivity index (χ0n) is 22.4. The van der Waals surface area contributed by atoms with E-state index in [-0.39, 0.29) is 23.3 Å². The van der Waals surface area contributed by atoms with Crippen molar-refractivity contribution in [3.8, 4) is 11.5 Å². The number of benzene rings is 3. The van der Waals surface area contributed by atoms with E-state index in [1.54, 1.807) is 48.5 Å². The van der Waals surface area contributed by atoms with Crippen LogP contribution in [0.25, 0.3) is 0 Å². The number of anilines is 2. The van der Waals surface area contributed by atoms with Crippen molar-refractivity contribution in [2.75, 3.05) is 23.9 Å². The molecule has 0 saturated carbocycles. The van der Waals surface area contributed by atoms with Crippen LogP contribution in [0.4, 0.5) is 11.4 Å². The van der Waals surface area contributed by atoms with Gasteiger partial charge in [0.1, 0.15) is 16.7 Å². The van der Waals surface area contributed by atoms with Gasteiger partial charge in [-0.2, -0.15) is 0 Å². The van der Waals surface area contributed by atoms with Crippen LogP contribution in [0.3, 0.4) is 0 Å². The maximum absolute atomic E-state index is 14.0. The summed E-state index contributed by atoms with van der Waals surface area (Å²) in [7, 11) is 1.53. The Morgan fingerprint density at radius 1 is 1.05 bits per heavy atom. The van der Waals surface area contributed by atoms with Gasteiger partial charge in [-0.25, -0.2) is 4.90 Å². The summed E-state index contributed by atoms with van der Waals surface area (Å²) in [4.78, 5) is 57.3. The number of halogens is 1. The van der Waals surface area contributed by atoms with Gasteiger partial charge < -0.3 is 19.8 Å². The van der Waals surface area contributed by atoms with Crippen LogP contribution in [0.15, 0.2) is 76.6 Å². The number of hydrogen-bond acceptors (Lipinski definition) is 8. The van der Waals surface area contributed by atoms with Crippen LogP contribution in [0.5, 0.6) is 11.5 Å². The van der Waals surface area contributed by atoms with Gasteiger partial charge in [0.05, 0.1) is 23.7 Å². The summed E-state index contributed by atoms with van der Waals surface area (Å²) in [6.07, 6.45) is 0. The number of methoxy groups -OCH3 is 1. The molecule has 3 atom stereocenters. The van der Waals surface area contributed by atoms with E-state index in [1.165, 1.54) is 23.8 Å². The highest BCUT2D eigenvalue weighted by molar-refractivity contribution is 8.00. The standard InChI is InChI=1S/C30H24ClN3O6S2/c1-15-4-3-5-17(12-15)32-22(35)14-40-21-11-6-16(31)13-20(21)23-24-26(41-27-25(23)42-30(38)33-27)29(37)34(28(24)36)18-7-9-19(39-2)10-8-18/h3-13,23-24,26H,14H2,1-2H3,(H,32,35)(H,33,38)/t23-,24-,26+/m0/s1. The number of carbonyl (C=O) groups excluding carboxylic acids is 3. The van der Waals surface area contributed by atoms with Gasteiger partial charge in [0.25, 0.3) is 5.91 Å². The summed E-state index contributed by atoms with van der Waals surface area (Å²) in [5, 5.41) is 2.92. The predicted octanol–water partition coefficient (Wildman–Crippen LogP) is 5.22. The fraction of sp³-hybridized carbons (Fsp3) is 0.200. The molecular weight excluding hydrogens is 598 g/mol. The Morgan fingerprint density at radius 3 is 2.57 bits per heavy atom. The van der Waals surface area contributed by atoms with Gasteiger partial charge in [-0.1, -0.05) is 46.8 Å². The molecule has 0 bridgehead atoms. The van der Waals surface area contributed by atoms with E-state index in [2.05, 4.69) is 10.3 Å². The van der Waals surface area contributed by atoms with E-state index in [0.29, 0.717) is 43.4 Å². The van der Waals surface area contributed by atoms with Crippen LogP contribution in [0.1, 0.15) is 21.9 Å². The predicted molar refractivity (Wildman–Crippen MR) is 162 cm³/mol. The number of H-pyrrole nitrogens is 1. The van der Waals surface area contributed by atoms with Gasteiger partial charge in [-0.3, -0.25) is 19.2 Å². The first kappa shape index (κ1) is 28.1. The number of rotatable bonds is 7. The molecule has 6 rings (SSSR count). The summed E-state index contributed by atoms with van der Waals surface area (Å²) in [5.74, 6) is -1.80. The lowest BCUT2D eigenvalue weighted by Crippen LogP contribution is -2.32. The van der Waals surface area contributed by atoms with Crippen molar-refractivity contribution in [3.63, 3.8) is 0 Å². The number of amides is 3. The molecule has 3 heterocycles. The number of aromatic amines is 1. The number of nitrogens with one attached hydrogen (secondary N) is 2. The first-order valence-corrected chi connectivity index (χ1v) is 15.0. The number of hydrogen-bond donors (Lipinski definition) is 2. The zero-order chi connectivity index (χ0) is 29.5. The number of nitrogens with zero attached hydrogens (tertiary/aromatic N) is 1. The Morgan fingerprint density at radius 2 is 1.83 bits per heavy atom. The normalized spacial score (nSPS) is 19.3. The molecule has 2 aliphatic rings. The number of carbonyl (C=O) groups is 3. The Bertz CT molecular complexity index is 1770. The summed E-state index contributed by atoms with van der Waals surface area (Å²) in [5.41, 5.74) is 2.57. The van der Waals surface area contributed by atoms with Gasteiger partial charge in [-0.15, -0.1) is 0 Å². The lowest BCUT2D eigenvalue weighted by molar-refractivity contribution is -0.122. The molecule has 2 N–H and O–H groups in total. The number of fused-ring (bicyclic) bond motifs is 2. The molecule has 0 spiro atoms. The highest BCUT2D eigenvalue weighted by Crippen LogP contribution is 2.54. The van der Waals surface area contributed by atoms with Gasteiger partial charge in [0.15, 0.2) is 6.61 Å². The molecule has 1 saturated heterocycles. The van der Waals surface area contributed by atoms with E-state index in [0.717, 1.165) is 16.9 Å². The lowest BCUT2D eigenvalue weighted by atomic mass is 9.82. The Kier molecular flexibility index (Phi) is 7.56. The second-order valence-electron chi connectivity index (χ2n) is 9.85. The van der Waals surface area contributed by atoms with Crippen LogP contribution in [0, 0.1) is 12.8 Å². The molecule has 0 radical (unpaired) electrons. The van der Waals surface area contributed by atoms with E-state index in [9.17, 15) is 19.2 Å². The van der Waals surface area contributed by atoms with Crippen molar-refractivity contribution < 1.29 is 23.9 Å². The van der Waals surface area contributed by atoms with E-state index in [4.69, 9.17) is 21.1 Å². The van der Waals surface area contributed by atoms with Crippen molar-refractivity contribution in [2.24, 2.45) is 5.92 Å². The van der Waals surface area contributed by atoms with E-state index >= 15 is 0 Å². The average molecular weight is 622 g/mol. The number of ether oxygens (including phenoxy) is 2. The smallest absolute Gasteiger partial charge is 0.305 e. The molecule has 1 fully saturated rings. The van der Waals surface area contributed by atoms with Crippen molar-refractivity contribution in [3.05, 3.63) is 97.4 Å². The molecule has 1 aromatic heterocycles. The third kappa shape index (κ3) is 5.19. The monoisotopic (exact) mass is 621 g/mol. The minimum atomic E-state index is -0.842. The van der Waals surface area contributed by atoms with Crippen LogP contribution in [0.2, 0.25) is 5.02 Å². The van der Waals surface area contributed by atoms with Crippen molar-refractivity contribution >= 4 is 63.8 Å². The van der Waals surface area contributed by atoms with Crippen molar-refractivity contribution in [1.82, 2.24) is 4.98 Å². The van der Waals surface area contributed by atoms with Gasteiger partial charge >= 0.3 is 4.87 Å².